The van der Waals surface area contributed by atoms with E-state index in [2.05, 4.69) is 5.32 Å². The van der Waals surface area contributed by atoms with Gasteiger partial charge in [0.1, 0.15) is 6.04 Å². The molecule has 0 radical (unpaired) electrons. The van der Waals surface area contributed by atoms with Crippen LogP contribution in [-0.2, 0) is 9.59 Å². The molecule has 0 aliphatic carbocycles. The largest absolute Gasteiger partial charge is 0.480 e. The van der Waals surface area contributed by atoms with Crippen LogP contribution in [0.2, 0.25) is 0 Å². The van der Waals surface area contributed by atoms with E-state index in [9.17, 15) is 9.59 Å². The van der Waals surface area contributed by atoms with Gasteiger partial charge in [0, 0.05) is 6.54 Å². The summed E-state index contributed by atoms with van der Waals surface area (Å²) in [6.45, 7) is 1.47. The molecule has 0 saturated heterocycles. The van der Waals surface area contributed by atoms with Crippen molar-refractivity contribution in [2.45, 2.75) is 25.8 Å². The van der Waals surface area contributed by atoms with Crippen LogP contribution >= 0.6 is 0 Å². The molecule has 0 aromatic carbocycles. The van der Waals surface area contributed by atoms with E-state index in [0.29, 0.717) is 6.42 Å². The molecule has 0 aliphatic heterocycles. The molecule has 0 spiro atoms. The van der Waals surface area contributed by atoms with Crippen molar-refractivity contribution in [1.82, 2.24) is 5.32 Å². The third-order valence-corrected chi connectivity index (χ3v) is 2.09. The quantitative estimate of drug-likeness (QED) is 0.434. The minimum Gasteiger partial charge on any atom is -0.480 e. The van der Waals surface area contributed by atoms with Gasteiger partial charge in [0.05, 0.1) is 12.5 Å². The molecule has 0 bridgehead atoms. The van der Waals surface area contributed by atoms with Gasteiger partial charge in [-0.2, -0.15) is 0 Å². The molecule has 2 atom stereocenters. The van der Waals surface area contributed by atoms with E-state index < -0.39 is 24.5 Å². The molecule has 5 N–H and O–H groups in total. The van der Waals surface area contributed by atoms with Gasteiger partial charge in [0.2, 0.25) is 5.91 Å². The third-order valence-electron chi connectivity index (χ3n) is 2.09. The molecule has 0 saturated carbocycles. The Labute approximate surface area is 88.5 Å². The van der Waals surface area contributed by atoms with Crippen LogP contribution in [-0.4, -0.2) is 41.3 Å². The standard InChI is InChI=1S/C9H18N2O4/c1-2-3-6(4-10)8(13)11-7(5-12)9(14)15/h6-7,12H,2-5,10H2,1H3,(H,11,13)(H,14,15)/t6?,7-/m1/s1. The highest BCUT2D eigenvalue weighted by molar-refractivity contribution is 5.85. The second kappa shape index (κ2) is 7.19. The van der Waals surface area contributed by atoms with E-state index in [0.717, 1.165) is 6.42 Å². The summed E-state index contributed by atoms with van der Waals surface area (Å²) < 4.78 is 0. The molecule has 0 heterocycles. The van der Waals surface area contributed by atoms with Gasteiger partial charge in [-0.3, -0.25) is 4.79 Å². The summed E-state index contributed by atoms with van der Waals surface area (Å²) in [6, 6.07) is -1.25. The van der Waals surface area contributed by atoms with Crippen molar-refractivity contribution < 1.29 is 19.8 Å². The average Bonchev–Trinajstić information content (AvgIpc) is 2.21. The summed E-state index contributed by atoms with van der Waals surface area (Å²) in [4.78, 5) is 22.0. The minimum absolute atomic E-state index is 0.178. The summed E-state index contributed by atoms with van der Waals surface area (Å²) in [6.07, 6.45) is 1.41. The lowest BCUT2D eigenvalue weighted by atomic mass is 10.0. The summed E-state index contributed by atoms with van der Waals surface area (Å²) in [5, 5.41) is 19.5. The number of nitrogens with one attached hydrogen (secondary N) is 1. The van der Waals surface area contributed by atoms with Gasteiger partial charge < -0.3 is 21.3 Å². The fourth-order valence-electron chi connectivity index (χ4n) is 1.18. The predicted molar refractivity (Wildman–Crippen MR) is 54.1 cm³/mol. The fraction of sp³-hybridized carbons (Fsp3) is 0.778. The van der Waals surface area contributed by atoms with Crippen LogP contribution in [0.15, 0.2) is 0 Å². The molecule has 0 aromatic heterocycles. The summed E-state index contributed by atoms with van der Waals surface area (Å²) in [5.74, 6) is -2.05. The van der Waals surface area contributed by atoms with E-state index in [1.807, 2.05) is 6.92 Å². The maximum Gasteiger partial charge on any atom is 0.328 e. The maximum absolute atomic E-state index is 11.5. The van der Waals surface area contributed by atoms with Crippen LogP contribution in [0.5, 0.6) is 0 Å². The van der Waals surface area contributed by atoms with Crippen LogP contribution in [0.3, 0.4) is 0 Å². The number of aliphatic hydroxyl groups excluding tert-OH is 1. The Bertz CT molecular complexity index is 220. The predicted octanol–water partition coefficient (Wildman–Crippen LogP) is -1.08. The highest BCUT2D eigenvalue weighted by Gasteiger charge is 2.23. The number of nitrogens with two attached hydrogens (primary N) is 1. The minimum atomic E-state index is -1.25. The van der Waals surface area contributed by atoms with Gasteiger partial charge >= 0.3 is 5.97 Å². The van der Waals surface area contributed by atoms with Crippen LogP contribution in [0.25, 0.3) is 0 Å². The lowest BCUT2D eigenvalue weighted by molar-refractivity contribution is -0.143. The van der Waals surface area contributed by atoms with Gasteiger partial charge in [-0.25, -0.2) is 4.79 Å². The second-order valence-electron chi connectivity index (χ2n) is 3.30. The van der Waals surface area contributed by atoms with E-state index in [-0.39, 0.29) is 12.5 Å². The highest BCUT2D eigenvalue weighted by atomic mass is 16.4. The van der Waals surface area contributed by atoms with E-state index in [1.54, 1.807) is 0 Å². The Hall–Kier alpha value is -1.14. The topological polar surface area (TPSA) is 113 Å². The van der Waals surface area contributed by atoms with Gasteiger partial charge in [0.15, 0.2) is 0 Å². The number of carboxylic acids is 1. The zero-order valence-electron chi connectivity index (χ0n) is 8.77. The summed E-state index contributed by atoms with van der Waals surface area (Å²) in [7, 11) is 0. The lowest BCUT2D eigenvalue weighted by Crippen LogP contribution is -2.47. The van der Waals surface area contributed by atoms with Crippen molar-refractivity contribution in [3.63, 3.8) is 0 Å². The van der Waals surface area contributed by atoms with Crippen molar-refractivity contribution in [3.8, 4) is 0 Å². The van der Waals surface area contributed by atoms with Gasteiger partial charge in [0.25, 0.3) is 0 Å². The molecule has 0 aromatic rings. The molecule has 1 amide bonds. The van der Waals surface area contributed by atoms with Crippen LogP contribution in [0.4, 0.5) is 0 Å². The normalized spacial score (nSPS) is 14.3. The number of amides is 1. The molecular formula is C9H18N2O4. The third kappa shape index (κ3) is 4.75. The maximum atomic E-state index is 11.5. The number of aliphatic hydroxyl groups is 1. The first-order valence-electron chi connectivity index (χ1n) is 4.90. The first-order valence-corrected chi connectivity index (χ1v) is 4.90. The van der Waals surface area contributed by atoms with Crippen molar-refractivity contribution in [2.24, 2.45) is 11.7 Å². The number of aliphatic carboxylic acids is 1. The summed E-state index contributed by atoms with van der Waals surface area (Å²) >= 11 is 0. The zero-order valence-corrected chi connectivity index (χ0v) is 8.77. The molecule has 15 heavy (non-hydrogen) atoms. The van der Waals surface area contributed by atoms with Crippen LogP contribution in [0, 0.1) is 5.92 Å². The SMILES string of the molecule is CCCC(CN)C(=O)N[C@H](CO)C(=O)O. The first kappa shape index (κ1) is 13.9. The van der Waals surface area contributed by atoms with E-state index >= 15 is 0 Å². The van der Waals surface area contributed by atoms with Gasteiger partial charge in [-0.1, -0.05) is 13.3 Å². The van der Waals surface area contributed by atoms with Crippen LogP contribution < -0.4 is 11.1 Å². The van der Waals surface area contributed by atoms with Crippen LogP contribution in [0.1, 0.15) is 19.8 Å². The van der Waals surface area contributed by atoms with Crippen molar-refractivity contribution in [2.75, 3.05) is 13.2 Å². The van der Waals surface area contributed by atoms with E-state index in [1.165, 1.54) is 0 Å². The second-order valence-corrected chi connectivity index (χ2v) is 3.30. The Morgan fingerprint density at radius 3 is 2.40 bits per heavy atom. The Balaban J connectivity index is 4.24. The average molecular weight is 218 g/mol. The summed E-state index contributed by atoms with van der Waals surface area (Å²) in [5.41, 5.74) is 5.38. The van der Waals surface area contributed by atoms with Gasteiger partial charge in [-0.15, -0.1) is 0 Å². The number of hydrogen-bond donors (Lipinski definition) is 4. The Morgan fingerprint density at radius 2 is 2.07 bits per heavy atom. The molecule has 0 aliphatic rings. The van der Waals surface area contributed by atoms with Crippen molar-refractivity contribution >= 4 is 11.9 Å². The first-order chi connectivity index (χ1) is 7.06. The number of carbonyl (C=O) groups is 2. The molecule has 88 valence electrons. The molecular weight excluding hydrogens is 200 g/mol. The molecule has 0 fully saturated rings. The number of carbonyl (C=O) groups excluding carboxylic acids is 1. The van der Waals surface area contributed by atoms with E-state index in [4.69, 9.17) is 15.9 Å². The molecule has 1 unspecified atom stereocenters. The lowest BCUT2D eigenvalue weighted by Gasteiger charge is -2.17. The smallest absolute Gasteiger partial charge is 0.328 e. The monoisotopic (exact) mass is 218 g/mol. The zero-order chi connectivity index (χ0) is 11.8. The number of carboxylic acid groups (broad SMARTS) is 1. The number of hydrogen-bond acceptors (Lipinski definition) is 4. The Kier molecular flexibility index (Phi) is 6.64. The van der Waals surface area contributed by atoms with Gasteiger partial charge in [-0.05, 0) is 6.42 Å². The van der Waals surface area contributed by atoms with Crippen molar-refractivity contribution in [3.05, 3.63) is 0 Å². The molecule has 6 nitrogen and oxygen atoms in total. The van der Waals surface area contributed by atoms with Crippen molar-refractivity contribution in [1.29, 1.82) is 0 Å². The molecule has 0 rings (SSSR count). The fourth-order valence-corrected chi connectivity index (χ4v) is 1.18. The Morgan fingerprint density at radius 1 is 1.47 bits per heavy atom. The highest BCUT2D eigenvalue weighted by Crippen LogP contribution is 2.04. The molecule has 6 heteroatoms. The number of rotatable bonds is 7.